The summed E-state index contributed by atoms with van der Waals surface area (Å²) in [5.74, 6) is 0.663. The summed E-state index contributed by atoms with van der Waals surface area (Å²) in [7, 11) is 1.78. The van der Waals surface area contributed by atoms with Crippen molar-refractivity contribution in [1.29, 1.82) is 0 Å². The number of amides is 1. The van der Waals surface area contributed by atoms with Crippen LogP contribution >= 0.6 is 0 Å². The molecule has 1 aliphatic rings. The number of likely N-dealkylation sites (tertiary alicyclic amines) is 1. The molecule has 1 aliphatic heterocycles. The van der Waals surface area contributed by atoms with E-state index in [1.54, 1.807) is 19.2 Å². The number of carbonyl (C=O) groups is 1. The molecule has 1 aromatic rings. The van der Waals surface area contributed by atoms with Gasteiger partial charge in [-0.15, -0.1) is 10.2 Å². The monoisotopic (exact) mass is 248 g/mol. The maximum atomic E-state index is 12.4. The Bertz CT molecular complexity index is 408. The van der Waals surface area contributed by atoms with E-state index in [9.17, 15) is 4.79 Å². The smallest absolute Gasteiger partial charge is 0.274 e. The summed E-state index contributed by atoms with van der Waals surface area (Å²) < 4.78 is 0. The predicted molar refractivity (Wildman–Crippen MR) is 70.5 cm³/mol. The van der Waals surface area contributed by atoms with Gasteiger partial charge in [0.1, 0.15) is 5.82 Å². The van der Waals surface area contributed by atoms with Crippen molar-refractivity contribution < 1.29 is 4.79 Å². The van der Waals surface area contributed by atoms with Gasteiger partial charge >= 0.3 is 0 Å². The third-order valence-corrected chi connectivity index (χ3v) is 3.57. The van der Waals surface area contributed by atoms with Gasteiger partial charge in [-0.3, -0.25) is 4.79 Å². The first-order valence-electron chi connectivity index (χ1n) is 6.47. The summed E-state index contributed by atoms with van der Waals surface area (Å²) in [6.07, 6.45) is 3.33. The molecule has 1 amide bonds. The van der Waals surface area contributed by atoms with Crippen molar-refractivity contribution in [3.63, 3.8) is 0 Å². The molecule has 1 aromatic heterocycles. The van der Waals surface area contributed by atoms with Gasteiger partial charge in [0.25, 0.3) is 5.91 Å². The van der Waals surface area contributed by atoms with Gasteiger partial charge in [0.05, 0.1) is 0 Å². The van der Waals surface area contributed by atoms with Gasteiger partial charge < -0.3 is 10.2 Å². The summed E-state index contributed by atoms with van der Waals surface area (Å²) >= 11 is 0. The number of hydrogen-bond donors (Lipinski definition) is 1. The van der Waals surface area contributed by atoms with Crippen LogP contribution in [0.3, 0.4) is 0 Å². The van der Waals surface area contributed by atoms with Crippen molar-refractivity contribution in [3.05, 3.63) is 17.8 Å². The van der Waals surface area contributed by atoms with Crippen LogP contribution < -0.4 is 5.32 Å². The fraction of sp³-hybridized carbons (Fsp3) is 0.615. The Kier molecular flexibility index (Phi) is 3.79. The van der Waals surface area contributed by atoms with Gasteiger partial charge in [-0.1, -0.05) is 0 Å². The van der Waals surface area contributed by atoms with Crippen LogP contribution in [0.1, 0.15) is 43.6 Å². The molecule has 2 heterocycles. The van der Waals surface area contributed by atoms with Crippen LogP contribution in [0, 0.1) is 0 Å². The van der Waals surface area contributed by atoms with E-state index >= 15 is 0 Å². The second-order valence-corrected chi connectivity index (χ2v) is 4.90. The highest BCUT2D eigenvalue weighted by atomic mass is 16.2. The van der Waals surface area contributed by atoms with Gasteiger partial charge in [-0.25, -0.2) is 0 Å². The van der Waals surface area contributed by atoms with Crippen molar-refractivity contribution in [2.45, 2.75) is 45.2 Å². The Morgan fingerprint density at radius 3 is 2.44 bits per heavy atom. The number of nitrogens with one attached hydrogen (secondary N) is 1. The van der Waals surface area contributed by atoms with Gasteiger partial charge in [-0.2, -0.15) is 0 Å². The van der Waals surface area contributed by atoms with Crippen LogP contribution in [-0.4, -0.2) is 40.1 Å². The van der Waals surface area contributed by atoms with E-state index in [2.05, 4.69) is 29.4 Å². The third kappa shape index (κ3) is 2.44. The van der Waals surface area contributed by atoms with Crippen LogP contribution in [-0.2, 0) is 0 Å². The van der Waals surface area contributed by atoms with E-state index in [4.69, 9.17) is 0 Å². The van der Waals surface area contributed by atoms with Crippen LogP contribution in [0.2, 0.25) is 0 Å². The number of hydrogen-bond acceptors (Lipinski definition) is 4. The molecule has 0 bridgehead atoms. The van der Waals surface area contributed by atoms with Crippen molar-refractivity contribution >= 4 is 11.7 Å². The molecule has 0 aromatic carbocycles. The minimum absolute atomic E-state index is 0.00940. The van der Waals surface area contributed by atoms with Crippen molar-refractivity contribution in [2.75, 3.05) is 12.4 Å². The molecule has 98 valence electrons. The fourth-order valence-corrected chi connectivity index (χ4v) is 2.53. The Morgan fingerprint density at radius 2 is 1.94 bits per heavy atom. The third-order valence-electron chi connectivity index (χ3n) is 3.57. The summed E-state index contributed by atoms with van der Waals surface area (Å²) in [6, 6.07) is 4.08. The lowest BCUT2D eigenvalue weighted by molar-refractivity contribution is 0.0503. The summed E-state index contributed by atoms with van der Waals surface area (Å²) in [5.41, 5.74) is 0.426. The molecule has 0 aliphatic carbocycles. The fourth-order valence-electron chi connectivity index (χ4n) is 2.53. The van der Waals surface area contributed by atoms with Gasteiger partial charge in [0.2, 0.25) is 0 Å². The maximum absolute atomic E-state index is 12.4. The van der Waals surface area contributed by atoms with E-state index in [1.807, 2.05) is 4.90 Å². The quantitative estimate of drug-likeness (QED) is 0.868. The molecular formula is C13H20N4O. The Balaban J connectivity index is 2.18. The SMILES string of the molecule is CNc1ccc(C(=O)N2C(C)CCCC2C)nn1. The van der Waals surface area contributed by atoms with Crippen LogP contribution in [0.25, 0.3) is 0 Å². The van der Waals surface area contributed by atoms with Crippen molar-refractivity contribution in [3.8, 4) is 0 Å². The molecule has 5 heteroatoms. The highest BCUT2D eigenvalue weighted by Gasteiger charge is 2.30. The van der Waals surface area contributed by atoms with Crippen LogP contribution in [0.4, 0.5) is 5.82 Å². The molecule has 1 saturated heterocycles. The molecule has 0 radical (unpaired) electrons. The standard InChI is InChI=1S/C13H20N4O/c1-9-5-4-6-10(2)17(9)13(18)11-7-8-12(14-3)16-15-11/h7-10H,4-6H2,1-3H3,(H,14,16). The topological polar surface area (TPSA) is 58.1 Å². The average molecular weight is 248 g/mol. The summed E-state index contributed by atoms with van der Waals surface area (Å²) in [4.78, 5) is 14.4. The van der Waals surface area contributed by atoms with E-state index in [-0.39, 0.29) is 18.0 Å². The maximum Gasteiger partial charge on any atom is 0.274 e. The van der Waals surface area contributed by atoms with E-state index in [0.29, 0.717) is 11.5 Å². The highest BCUT2D eigenvalue weighted by Crippen LogP contribution is 2.24. The molecule has 5 nitrogen and oxygen atoms in total. The predicted octanol–water partition coefficient (Wildman–Crippen LogP) is 1.92. The molecule has 2 rings (SSSR count). The Morgan fingerprint density at radius 1 is 1.28 bits per heavy atom. The second kappa shape index (κ2) is 5.33. The second-order valence-electron chi connectivity index (χ2n) is 4.90. The largest absolute Gasteiger partial charge is 0.372 e. The number of nitrogens with zero attached hydrogens (tertiary/aromatic N) is 3. The van der Waals surface area contributed by atoms with E-state index in [0.717, 1.165) is 12.8 Å². The highest BCUT2D eigenvalue weighted by molar-refractivity contribution is 5.92. The first-order valence-corrected chi connectivity index (χ1v) is 6.47. The van der Waals surface area contributed by atoms with Crippen LogP contribution in [0.5, 0.6) is 0 Å². The number of anilines is 1. The van der Waals surface area contributed by atoms with Gasteiger partial charge in [0.15, 0.2) is 5.69 Å². The zero-order valence-corrected chi connectivity index (χ0v) is 11.2. The van der Waals surface area contributed by atoms with E-state index < -0.39 is 0 Å². The number of piperidine rings is 1. The summed E-state index contributed by atoms with van der Waals surface area (Å²) in [5, 5.41) is 10.8. The molecule has 1 N–H and O–H groups in total. The molecule has 0 saturated carbocycles. The molecular weight excluding hydrogens is 228 g/mol. The number of rotatable bonds is 2. The van der Waals surface area contributed by atoms with Gasteiger partial charge in [0, 0.05) is 19.1 Å². The lowest BCUT2D eigenvalue weighted by Crippen LogP contribution is -2.47. The first-order chi connectivity index (χ1) is 8.63. The van der Waals surface area contributed by atoms with Gasteiger partial charge in [-0.05, 0) is 45.2 Å². The van der Waals surface area contributed by atoms with Crippen LogP contribution in [0.15, 0.2) is 12.1 Å². The number of carbonyl (C=O) groups excluding carboxylic acids is 1. The first kappa shape index (κ1) is 12.8. The molecule has 1 fully saturated rings. The van der Waals surface area contributed by atoms with Crippen molar-refractivity contribution in [2.24, 2.45) is 0 Å². The lowest BCUT2D eigenvalue weighted by Gasteiger charge is -2.38. The lowest BCUT2D eigenvalue weighted by atomic mass is 9.97. The molecule has 2 atom stereocenters. The van der Waals surface area contributed by atoms with E-state index in [1.165, 1.54) is 6.42 Å². The molecule has 2 unspecified atom stereocenters. The summed E-state index contributed by atoms with van der Waals surface area (Å²) in [6.45, 7) is 4.20. The zero-order valence-electron chi connectivity index (χ0n) is 11.2. The normalized spacial score (nSPS) is 23.8. The molecule has 0 spiro atoms. The number of aromatic nitrogens is 2. The Hall–Kier alpha value is -1.65. The molecule has 18 heavy (non-hydrogen) atoms. The minimum atomic E-state index is -0.00940. The average Bonchev–Trinajstić information content (AvgIpc) is 2.38. The Labute approximate surface area is 108 Å². The van der Waals surface area contributed by atoms with Crippen molar-refractivity contribution in [1.82, 2.24) is 15.1 Å². The minimum Gasteiger partial charge on any atom is -0.372 e. The zero-order chi connectivity index (χ0) is 13.1.